The quantitative estimate of drug-likeness (QED) is 0.495. The molecule has 2 N–H and O–H groups in total. The van der Waals surface area contributed by atoms with E-state index < -0.39 is 0 Å². The number of benzene rings is 2. The molecule has 0 saturated carbocycles. The molecule has 1 aliphatic heterocycles. The number of nitrogens with zero attached hydrogens (tertiary/aromatic N) is 3. The third kappa shape index (κ3) is 3.58. The van der Waals surface area contributed by atoms with E-state index in [0.29, 0.717) is 10.6 Å². The SMILES string of the molecule is COc1ccc2[nH]c(O)c(C=c3ccc4c(c3)N=NC=4/C=C/c3ccncc3Cl)c2c1. The highest BCUT2D eigenvalue weighted by molar-refractivity contribution is 6.31. The molecule has 0 atom stereocenters. The summed E-state index contributed by atoms with van der Waals surface area (Å²) >= 11 is 6.16. The van der Waals surface area contributed by atoms with Crippen LogP contribution in [0.1, 0.15) is 11.1 Å². The summed E-state index contributed by atoms with van der Waals surface area (Å²) in [6.45, 7) is 0. The predicted molar refractivity (Wildman–Crippen MR) is 122 cm³/mol. The van der Waals surface area contributed by atoms with Crippen molar-refractivity contribution in [3.63, 3.8) is 0 Å². The van der Waals surface area contributed by atoms with Crippen LogP contribution in [0.15, 0.2) is 71.2 Å². The van der Waals surface area contributed by atoms with Gasteiger partial charge in [-0.05, 0) is 59.3 Å². The fourth-order valence-electron chi connectivity index (χ4n) is 3.53. The van der Waals surface area contributed by atoms with Gasteiger partial charge in [0.05, 0.1) is 23.5 Å². The van der Waals surface area contributed by atoms with Crippen molar-refractivity contribution in [2.75, 3.05) is 7.11 Å². The number of aromatic amines is 1. The van der Waals surface area contributed by atoms with Gasteiger partial charge < -0.3 is 14.8 Å². The number of rotatable bonds is 4. The highest BCUT2D eigenvalue weighted by atomic mass is 35.5. The molecule has 0 fully saturated rings. The molecule has 6 nitrogen and oxygen atoms in total. The van der Waals surface area contributed by atoms with Crippen molar-refractivity contribution < 1.29 is 9.84 Å². The molecule has 0 spiro atoms. The average molecular weight is 429 g/mol. The van der Waals surface area contributed by atoms with Gasteiger partial charge in [0.2, 0.25) is 0 Å². The molecule has 0 radical (unpaired) electrons. The van der Waals surface area contributed by atoms with Gasteiger partial charge >= 0.3 is 0 Å². The van der Waals surface area contributed by atoms with Crippen LogP contribution in [0, 0.1) is 0 Å². The number of fused-ring (bicyclic) bond motifs is 2. The third-order valence-electron chi connectivity index (χ3n) is 5.12. The van der Waals surface area contributed by atoms with Crippen molar-refractivity contribution in [3.05, 3.63) is 87.5 Å². The van der Waals surface area contributed by atoms with Crippen molar-refractivity contribution in [1.29, 1.82) is 0 Å². The summed E-state index contributed by atoms with van der Waals surface area (Å²) in [6.07, 6.45) is 8.99. The second-order valence-corrected chi connectivity index (χ2v) is 7.44. The van der Waals surface area contributed by atoms with Gasteiger partial charge in [-0.1, -0.05) is 23.7 Å². The Labute approximate surface area is 182 Å². The van der Waals surface area contributed by atoms with Gasteiger partial charge in [-0.3, -0.25) is 4.98 Å². The van der Waals surface area contributed by atoms with E-state index in [1.54, 1.807) is 19.5 Å². The Morgan fingerprint density at radius 2 is 1.97 bits per heavy atom. The highest BCUT2D eigenvalue weighted by Crippen LogP contribution is 2.30. The number of aromatic hydroxyl groups is 1. The number of aromatic nitrogens is 2. The lowest BCUT2D eigenvalue weighted by molar-refractivity contribution is 0.415. The number of H-pyrrole nitrogens is 1. The Hall–Kier alpha value is -3.90. The molecule has 0 saturated heterocycles. The Balaban J connectivity index is 1.56. The molecule has 4 aromatic rings. The van der Waals surface area contributed by atoms with Gasteiger partial charge in [0.15, 0.2) is 5.88 Å². The molecule has 1 aliphatic rings. The maximum absolute atomic E-state index is 10.4. The topological polar surface area (TPSA) is 82.9 Å². The Morgan fingerprint density at radius 1 is 1.06 bits per heavy atom. The number of hydrogen-bond donors (Lipinski definition) is 2. The monoisotopic (exact) mass is 428 g/mol. The van der Waals surface area contributed by atoms with E-state index in [-0.39, 0.29) is 5.88 Å². The summed E-state index contributed by atoms with van der Waals surface area (Å²) < 4.78 is 5.31. The lowest BCUT2D eigenvalue weighted by Crippen LogP contribution is -2.08. The number of hydrogen-bond acceptors (Lipinski definition) is 5. The first-order valence-corrected chi connectivity index (χ1v) is 9.94. The summed E-state index contributed by atoms with van der Waals surface area (Å²) in [7, 11) is 1.62. The molecule has 0 amide bonds. The van der Waals surface area contributed by atoms with Gasteiger partial charge in [0, 0.05) is 34.1 Å². The summed E-state index contributed by atoms with van der Waals surface area (Å²) in [6, 6.07) is 13.4. The van der Waals surface area contributed by atoms with Crippen LogP contribution in [0.25, 0.3) is 28.8 Å². The van der Waals surface area contributed by atoms with Crippen LogP contribution in [0.3, 0.4) is 0 Å². The molecule has 0 unspecified atom stereocenters. The van der Waals surface area contributed by atoms with Crippen LogP contribution in [0.2, 0.25) is 5.02 Å². The van der Waals surface area contributed by atoms with Crippen molar-refractivity contribution in [2.45, 2.75) is 0 Å². The maximum Gasteiger partial charge on any atom is 0.196 e. The van der Waals surface area contributed by atoms with Crippen LogP contribution in [0.5, 0.6) is 11.6 Å². The van der Waals surface area contributed by atoms with E-state index >= 15 is 0 Å². The molecular formula is C24H17ClN4O2. The minimum absolute atomic E-state index is 0.106. The highest BCUT2D eigenvalue weighted by Gasteiger charge is 2.11. The normalized spacial score (nSPS) is 13.5. The largest absolute Gasteiger partial charge is 0.497 e. The van der Waals surface area contributed by atoms with E-state index in [4.69, 9.17) is 16.3 Å². The lowest BCUT2D eigenvalue weighted by atomic mass is 10.1. The molecule has 31 heavy (non-hydrogen) atoms. The van der Waals surface area contributed by atoms with Crippen molar-refractivity contribution >= 4 is 46.0 Å². The minimum atomic E-state index is 0.106. The molecule has 3 heterocycles. The molecule has 5 rings (SSSR count). The number of pyridine rings is 1. The van der Waals surface area contributed by atoms with Crippen molar-refractivity contribution in [1.82, 2.24) is 9.97 Å². The second-order valence-electron chi connectivity index (χ2n) is 7.04. The molecule has 152 valence electrons. The number of azo groups is 1. The Morgan fingerprint density at radius 3 is 2.81 bits per heavy atom. The van der Waals surface area contributed by atoms with Gasteiger partial charge in [-0.25, -0.2) is 0 Å². The zero-order chi connectivity index (χ0) is 21.4. The molecule has 2 aromatic carbocycles. The van der Waals surface area contributed by atoms with E-state index in [0.717, 1.165) is 44.0 Å². The molecule has 0 bridgehead atoms. The molecular weight excluding hydrogens is 412 g/mol. The van der Waals surface area contributed by atoms with Crippen LogP contribution < -0.4 is 15.2 Å². The maximum atomic E-state index is 10.4. The van der Waals surface area contributed by atoms with Gasteiger partial charge in [0.1, 0.15) is 5.75 Å². The second kappa shape index (κ2) is 7.74. The van der Waals surface area contributed by atoms with Crippen LogP contribution in [0.4, 0.5) is 5.69 Å². The van der Waals surface area contributed by atoms with Crippen LogP contribution in [-0.4, -0.2) is 22.2 Å². The lowest BCUT2D eigenvalue weighted by Gasteiger charge is -1.99. The average Bonchev–Trinajstić information content (AvgIpc) is 3.33. The number of ether oxygens (including phenoxy) is 1. The smallest absolute Gasteiger partial charge is 0.196 e. The van der Waals surface area contributed by atoms with Gasteiger partial charge in [-0.2, -0.15) is 0 Å². The van der Waals surface area contributed by atoms with Crippen molar-refractivity contribution in [3.8, 4) is 11.6 Å². The Bertz CT molecular complexity index is 1500. The standard InChI is InChI=1S/C24H17ClN4O2/c1-31-16-4-7-21-18(12-16)19(24(30)27-21)10-14-2-5-17-22(28-29-23(17)11-14)6-3-15-8-9-26-13-20(15)25/h2-13,27,30H,1H3/b6-3+,14-10?. The minimum Gasteiger partial charge on any atom is -0.497 e. The fraction of sp³-hybridized carbons (Fsp3) is 0.0417. The van der Waals surface area contributed by atoms with E-state index in [2.05, 4.69) is 20.2 Å². The van der Waals surface area contributed by atoms with Gasteiger partial charge in [-0.15, -0.1) is 10.2 Å². The molecule has 0 aliphatic carbocycles. The first-order valence-electron chi connectivity index (χ1n) is 9.56. The van der Waals surface area contributed by atoms with E-state index in [9.17, 15) is 5.11 Å². The third-order valence-corrected chi connectivity index (χ3v) is 5.44. The van der Waals surface area contributed by atoms with E-state index in [1.807, 2.05) is 60.7 Å². The first kappa shape index (κ1) is 19.1. The summed E-state index contributed by atoms with van der Waals surface area (Å²) in [5, 5.41) is 22.3. The summed E-state index contributed by atoms with van der Waals surface area (Å²) in [5.41, 5.74) is 3.92. The van der Waals surface area contributed by atoms with E-state index in [1.165, 1.54) is 0 Å². The first-order chi connectivity index (χ1) is 15.1. The van der Waals surface area contributed by atoms with Crippen LogP contribution in [-0.2, 0) is 0 Å². The van der Waals surface area contributed by atoms with Gasteiger partial charge in [0.25, 0.3) is 0 Å². The number of nitrogens with one attached hydrogen (secondary N) is 1. The zero-order valence-electron chi connectivity index (χ0n) is 16.5. The fourth-order valence-corrected chi connectivity index (χ4v) is 3.71. The predicted octanol–water partition coefficient (Wildman–Crippen LogP) is 4.68. The summed E-state index contributed by atoms with van der Waals surface area (Å²) in [5.74, 6) is 0.832. The molecule has 2 aromatic heterocycles. The number of methoxy groups -OCH3 is 1. The van der Waals surface area contributed by atoms with Crippen molar-refractivity contribution in [2.24, 2.45) is 10.2 Å². The van der Waals surface area contributed by atoms with Crippen LogP contribution >= 0.6 is 11.6 Å². The molecule has 7 heteroatoms. The summed E-state index contributed by atoms with van der Waals surface area (Å²) in [4.78, 5) is 6.98. The number of halogens is 1. The Kier molecular flexibility index (Phi) is 4.76. The zero-order valence-corrected chi connectivity index (χ0v) is 17.3.